The molecule has 0 saturated carbocycles. The highest BCUT2D eigenvalue weighted by molar-refractivity contribution is 5.75. The van der Waals surface area contributed by atoms with Gasteiger partial charge in [0.1, 0.15) is 0 Å². The van der Waals surface area contributed by atoms with E-state index in [0.29, 0.717) is 31.0 Å². The number of nitrogens with one attached hydrogen (secondary N) is 1. The molecule has 0 aliphatic carbocycles. The Labute approximate surface area is 114 Å². The predicted octanol–water partition coefficient (Wildman–Crippen LogP) is 1.94. The van der Waals surface area contributed by atoms with Gasteiger partial charge in [0.05, 0.1) is 11.6 Å². The third kappa shape index (κ3) is 6.03. The van der Waals surface area contributed by atoms with Crippen LogP contribution in [0.15, 0.2) is 24.3 Å². The molecule has 0 bridgehead atoms. The van der Waals surface area contributed by atoms with Crippen LogP contribution in [0.3, 0.4) is 0 Å². The largest absolute Gasteiger partial charge is 0.352 e. The number of hydrogen-bond donors (Lipinski definition) is 2. The fraction of sp³-hybridized carbons (Fsp3) is 0.467. The highest BCUT2D eigenvalue weighted by Crippen LogP contribution is 2.09. The van der Waals surface area contributed by atoms with Gasteiger partial charge in [0.15, 0.2) is 0 Å². The molecule has 4 nitrogen and oxygen atoms in total. The molecular weight excluding hydrogens is 238 g/mol. The maximum atomic E-state index is 11.7. The van der Waals surface area contributed by atoms with Gasteiger partial charge in [-0.05, 0) is 43.0 Å². The fourth-order valence-corrected chi connectivity index (χ4v) is 1.79. The van der Waals surface area contributed by atoms with E-state index >= 15 is 0 Å². The van der Waals surface area contributed by atoms with Crippen molar-refractivity contribution in [2.24, 2.45) is 11.7 Å². The fourth-order valence-electron chi connectivity index (χ4n) is 1.79. The van der Waals surface area contributed by atoms with Gasteiger partial charge in [-0.2, -0.15) is 5.26 Å². The van der Waals surface area contributed by atoms with E-state index in [1.54, 1.807) is 12.1 Å². The molecule has 0 radical (unpaired) electrons. The van der Waals surface area contributed by atoms with Gasteiger partial charge < -0.3 is 11.1 Å². The van der Waals surface area contributed by atoms with Crippen LogP contribution in [-0.2, 0) is 11.3 Å². The normalized spacial score (nSPS) is 11.6. The quantitative estimate of drug-likeness (QED) is 0.785. The number of hydrogen-bond acceptors (Lipinski definition) is 3. The lowest BCUT2D eigenvalue weighted by atomic mass is 10.0. The number of nitrogens with zero attached hydrogens (tertiary/aromatic N) is 1. The molecule has 19 heavy (non-hydrogen) atoms. The van der Waals surface area contributed by atoms with E-state index in [1.807, 2.05) is 12.1 Å². The number of carbonyl (C=O) groups is 1. The number of amides is 1. The molecular formula is C15H21N3O. The summed E-state index contributed by atoms with van der Waals surface area (Å²) in [5.74, 6) is 0.555. The van der Waals surface area contributed by atoms with Crippen LogP contribution < -0.4 is 11.1 Å². The summed E-state index contributed by atoms with van der Waals surface area (Å²) >= 11 is 0. The molecule has 0 aliphatic rings. The first kappa shape index (κ1) is 15.2. The van der Waals surface area contributed by atoms with Crippen molar-refractivity contribution in [3.63, 3.8) is 0 Å². The lowest BCUT2D eigenvalue weighted by Gasteiger charge is -2.10. The Morgan fingerprint density at radius 2 is 2.05 bits per heavy atom. The van der Waals surface area contributed by atoms with Crippen LogP contribution in [0.2, 0.25) is 0 Å². The third-order valence-electron chi connectivity index (χ3n) is 3.10. The van der Waals surface area contributed by atoms with E-state index in [1.165, 1.54) is 0 Å². The zero-order valence-corrected chi connectivity index (χ0v) is 11.4. The molecule has 4 heteroatoms. The number of carbonyl (C=O) groups excluding carboxylic acids is 1. The molecule has 1 aromatic carbocycles. The maximum Gasteiger partial charge on any atom is 0.220 e. The summed E-state index contributed by atoms with van der Waals surface area (Å²) in [5, 5.41) is 11.6. The van der Waals surface area contributed by atoms with Crippen molar-refractivity contribution in [1.29, 1.82) is 5.26 Å². The first-order chi connectivity index (χ1) is 9.15. The minimum absolute atomic E-state index is 0.0632. The summed E-state index contributed by atoms with van der Waals surface area (Å²) in [4.78, 5) is 11.7. The van der Waals surface area contributed by atoms with Gasteiger partial charge in [-0.25, -0.2) is 0 Å². The highest BCUT2D eigenvalue weighted by Gasteiger charge is 2.06. The van der Waals surface area contributed by atoms with Crippen molar-refractivity contribution >= 4 is 5.91 Å². The summed E-state index contributed by atoms with van der Waals surface area (Å²) in [6.07, 6.45) is 2.37. The van der Waals surface area contributed by atoms with Crippen molar-refractivity contribution in [2.45, 2.75) is 32.7 Å². The minimum Gasteiger partial charge on any atom is -0.352 e. The van der Waals surface area contributed by atoms with Gasteiger partial charge in [0.25, 0.3) is 0 Å². The molecule has 1 amide bonds. The SMILES string of the molecule is CC(CCN)CCC(=O)NCc1ccc(C#N)cc1. The van der Waals surface area contributed by atoms with Crippen LogP contribution in [0.25, 0.3) is 0 Å². The standard InChI is InChI=1S/C15H21N3O/c1-12(8-9-16)2-7-15(19)18-11-14-5-3-13(10-17)4-6-14/h3-6,12H,2,7-9,11,16H2,1H3,(H,18,19). The van der Waals surface area contributed by atoms with Crippen LogP contribution in [0.1, 0.15) is 37.3 Å². The first-order valence-electron chi connectivity index (χ1n) is 6.61. The van der Waals surface area contributed by atoms with Crippen LogP contribution >= 0.6 is 0 Å². The molecule has 3 N–H and O–H groups in total. The van der Waals surface area contributed by atoms with E-state index in [0.717, 1.165) is 18.4 Å². The van der Waals surface area contributed by atoms with E-state index in [4.69, 9.17) is 11.0 Å². The van der Waals surface area contributed by atoms with Crippen LogP contribution in [-0.4, -0.2) is 12.5 Å². The number of rotatable bonds is 7. The average Bonchev–Trinajstić information content (AvgIpc) is 2.44. The van der Waals surface area contributed by atoms with Crippen LogP contribution in [0.5, 0.6) is 0 Å². The average molecular weight is 259 g/mol. The Bertz CT molecular complexity index is 434. The Morgan fingerprint density at radius 3 is 2.63 bits per heavy atom. The Kier molecular flexibility index (Phi) is 6.62. The second-order valence-electron chi connectivity index (χ2n) is 4.81. The summed E-state index contributed by atoms with van der Waals surface area (Å²) in [7, 11) is 0. The summed E-state index contributed by atoms with van der Waals surface area (Å²) in [6.45, 7) is 3.30. The smallest absolute Gasteiger partial charge is 0.220 e. The van der Waals surface area contributed by atoms with Crippen molar-refractivity contribution in [3.05, 3.63) is 35.4 Å². The van der Waals surface area contributed by atoms with Crippen molar-refractivity contribution < 1.29 is 4.79 Å². The Morgan fingerprint density at radius 1 is 1.37 bits per heavy atom. The number of nitriles is 1. The topological polar surface area (TPSA) is 78.9 Å². The van der Waals surface area contributed by atoms with E-state index in [2.05, 4.69) is 18.3 Å². The number of benzene rings is 1. The van der Waals surface area contributed by atoms with E-state index < -0.39 is 0 Å². The van der Waals surface area contributed by atoms with Gasteiger partial charge in [0, 0.05) is 13.0 Å². The molecule has 0 fully saturated rings. The summed E-state index contributed by atoms with van der Waals surface area (Å²) in [6, 6.07) is 9.29. The van der Waals surface area contributed by atoms with Gasteiger partial charge >= 0.3 is 0 Å². The van der Waals surface area contributed by atoms with Gasteiger partial charge in [0.2, 0.25) is 5.91 Å². The molecule has 1 aromatic rings. The molecule has 0 heterocycles. The zero-order valence-electron chi connectivity index (χ0n) is 11.4. The summed E-state index contributed by atoms with van der Waals surface area (Å²) in [5.41, 5.74) is 7.10. The van der Waals surface area contributed by atoms with Crippen molar-refractivity contribution in [3.8, 4) is 6.07 Å². The second kappa shape index (κ2) is 8.28. The molecule has 0 spiro atoms. The Balaban J connectivity index is 2.28. The molecule has 102 valence electrons. The molecule has 1 unspecified atom stereocenters. The van der Waals surface area contributed by atoms with Gasteiger partial charge in [-0.15, -0.1) is 0 Å². The lowest BCUT2D eigenvalue weighted by Crippen LogP contribution is -2.23. The van der Waals surface area contributed by atoms with Crippen molar-refractivity contribution in [1.82, 2.24) is 5.32 Å². The molecule has 1 atom stereocenters. The second-order valence-corrected chi connectivity index (χ2v) is 4.81. The third-order valence-corrected chi connectivity index (χ3v) is 3.10. The monoisotopic (exact) mass is 259 g/mol. The first-order valence-corrected chi connectivity index (χ1v) is 6.61. The van der Waals surface area contributed by atoms with E-state index in [9.17, 15) is 4.79 Å². The van der Waals surface area contributed by atoms with Gasteiger partial charge in [-0.1, -0.05) is 19.1 Å². The van der Waals surface area contributed by atoms with Crippen LogP contribution in [0, 0.1) is 17.2 Å². The van der Waals surface area contributed by atoms with E-state index in [-0.39, 0.29) is 5.91 Å². The highest BCUT2D eigenvalue weighted by atomic mass is 16.1. The molecule has 0 aromatic heterocycles. The molecule has 0 aliphatic heterocycles. The number of nitrogens with two attached hydrogens (primary N) is 1. The summed E-state index contributed by atoms with van der Waals surface area (Å²) < 4.78 is 0. The lowest BCUT2D eigenvalue weighted by molar-refractivity contribution is -0.121. The molecule has 1 rings (SSSR count). The maximum absolute atomic E-state index is 11.7. The Hall–Kier alpha value is -1.86. The van der Waals surface area contributed by atoms with Crippen LogP contribution in [0.4, 0.5) is 0 Å². The van der Waals surface area contributed by atoms with Gasteiger partial charge in [-0.3, -0.25) is 4.79 Å². The predicted molar refractivity (Wildman–Crippen MR) is 75.1 cm³/mol. The zero-order chi connectivity index (χ0) is 14.1. The van der Waals surface area contributed by atoms with Crippen molar-refractivity contribution in [2.75, 3.05) is 6.54 Å². The molecule has 0 saturated heterocycles. The minimum atomic E-state index is 0.0632.